The molecule has 0 unspecified atom stereocenters. The topological polar surface area (TPSA) is 112 Å². The molecule has 10 heteroatoms. The third kappa shape index (κ3) is 5.23. The first kappa shape index (κ1) is 23.1. The van der Waals surface area contributed by atoms with E-state index in [1.165, 1.54) is 14.2 Å². The van der Waals surface area contributed by atoms with E-state index in [1.807, 2.05) is 0 Å². The first-order valence-corrected chi connectivity index (χ1v) is 9.33. The van der Waals surface area contributed by atoms with E-state index in [2.05, 4.69) is 5.32 Å². The standard InChI is InChI=1S/C19H27N3O6.ClH/c1-25-15-6-12(7-16(26-2)17(15)28-5-3-4-20)19(24)22-8-13-10-27-11-14(9-22)21-18(13)23;/h6-7,13-14H,3-5,8-11,20H2,1-2H3,(H,21,23);1H/t13-,14+;/m1./s1. The van der Waals surface area contributed by atoms with E-state index >= 15 is 0 Å². The molecule has 0 spiro atoms. The van der Waals surface area contributed by atoms with Crippen molar-refractivity contribution in [3.8, 4) is 17.2 Å². The van der Waals surface area contributed by atoms with E-state index in [0.717, 1.165) is 0 Å². The summed E-state index contributed by atoms with van der Waals surface area (Å²) in [7, 11) is 3.02. The Bertz CT molecular complexity index is 707. The summed E-state index contributed by atoms with van der Waals surface area (Å²) in [5, 5.41) is 2.92. The highest BCUT2D eigenvalue weighted by atomic mass is 35.5. The smallest absolute Gasteiger partial charge is 0.254 e. The number of carbonyl (C=O) groups excluding carboxylic acids is 2. The molecule has 3 N–H and O–H groups in total. The SMILES string of the molecule is COc1cc(C(=O)N2C[C@H]3COC[C@@H](C2)C(=O)N3)cc(OC)c1OCCCN.Cl. The summed E-state index contributed by atoms with van der Waals surface area (Å²) in [6.07, 6.45) is 0.687. The lowest BCUT2D eigenvalue weighted by Gasteiger charge is -2.28. The van der Waals surface area contributed by atoms with E-state index in [-0.39, 0.29) is 36.2 Å². The number of methoxy groups -OCH3 is 2. The van der Waals surface area contributed by atoms with E-state index in [9.17, 15) is 9.59 Å². The molecule has 0 saturated carbocycles. The Labute approximate surface area is 176 Å². The lowest BCUT2D eigenvalue weighted by molar-refractivity contribution is -0.125. The Morgan fingerprint density at radius 3 is 2.55 bits per heavy atom. The van der Waals surface area contributed by atoms with Gasteiger partial charge in [0.15, 0.2) is 11.5 Å². The number of hydrogen-bond donors (Lipinski definition) is 2. The van der Waals surface area contributed by atoms with Crippen LogP contribution in [-0.4, -0.2) is 76.4 Å². The average molecular weight is 430 g/mol. The molecular weight excluding hydrogens is 402 g/mol. The summed E-state index contributed by atoms with van der Waals surface area (Å²) in [4.78, 5) is 27.0. The van der Waals surface area contributed by atoms with Crippen LogP contribution < -0.4 is 25.3 Å². The first-order chi connectivity index (χ1) is 13.6. The van der Waals surface area contributed by atoms with Crippen LogP contribution in [0.5, 0.6) is 17.2 Å². The molecule has 2 heterocycles. The summed E-state index contributed by atoms with van der Waals surface area (Å²) < 4.78 is 22.1. The monoisotopic (exact) mass is 429 g/mol. The Kier molecular flexibility index (Phi) is 8.36. The number of ether oxygens (including phenoxy) is 4. The van der Waals surface area contributed by atoms with Gasteiger partial charge in [-0.2, -0.15) is 0 Å². The number of halogens is 1. The van der Waals surface area contributed by atoms with Crippen molar-refractivity contribution in [2.24, 2.45) is 11.7 Å². The zero-order valence-electron chi connectivity index (χ0n) is 16.6. The minimum atomic E-state index is -0.376. The molecule has 2 bridgehead atoms. The van der Waals surface area contributed by atoms with Crippen molar-refractivity contribution in [3.05, 3.63) is 17.7 Å². The van der Waals surface area contributed by atoms with Crippen LogP contribution in [0.4, 0.5) is 0 Å². The largest absolute Gasteiger partial charge is 0.493 e. The van der Waals surface area contributed by atoms with Gasteiger partial charge in [-0.05, 0) is 25.1 Å². The number of fused-ring (bicyclic) bond motifs is 3. The van der Waals surface area contributed by atoms with Crippen LogP contribution in [0.1, 0.15) is 16.8 Å². The lowest BCUT2D eigenvalue weighted by atomic mass is 10.1. The molecule has 1 aromatic carbocycles. The minimum Gasteiger partial charge on any atom is -0.493 e. The molecule has 2 saturated heterocycles. The van der Waals surface area contributed by atoms with Crippen molar-refractivity contribution < 1.29 is 28.5 Å². The molecule has 2 amide bonds. The highest BCUT2D eigenvalue weighted by Crippen LogP contribution is 2.39. The number of nitrogens with one attached hydrogen (secondary N) is 1. The van der Waals surface area contributed by atoms with Gasteiger partial charge >= 0.3 is 0 Å². The fourth-order valence-corrected chi connectivity index (χ4v) is 3.38. The molecular formula is C19H28ClN3O6. The third-order valence-electron chi connectivity index (χ3n) is 4.83. The maximum Gasteiger partial charge on any atom is 0.254 e. The van der Waals surface area contributed by atoms with Crippen LogP contribution in [0, 0.1) is 5.92 Å². The van der Waals surface area contributed by atoms with E-state index in [0.29, 0.717) is 68.7 Å². The predicted molar refractivity (Wildman–Crippen MR) is 108 cm³/mol. The fourth-order valence-electron chi connectivity index (χ4n) is 3.38. The maximum absolute atomic E-state index is 13.2. The number of rotatable bonds is 7. The summed E-state index contributed by atoms with van der Waals surface area (Å²) in [6.45, 7) is 2.33. The molecule has 1 aromatic rings. The number of benzene rings is 1. The Morgan fingerprint density at radius 1 is 1.24 bits per heavy atom. The average Bonchev–Trinajstić information content (AvgIpc) is 2.95. The molecule has 2 atom stereocenters. The normalized spacial score (nSPS) is 20.8. The van der Waals surface area contributed by atoms with Gasteiger partial charge in [-0.1, -0.05) is 0 Å². The highest BCUT2D eigenvalue weighted by Gasteiger charge is 2.35. The van der Waals surface area contributed by atoms with Crippen molar-refractivity contribution in [2.45, 2.75) is 12.5 Å². The summed E-state index contributed by atoms with van der Waals surface area (Å²) >= 11 is 0. The van der Waals surface area contributed by atoms with E-state index in [4.69, 9.17) is 24.7 Å². The zero-order chi connectivity index (χ0) is 20.1. The van der Waals surface area contributed by atoms with Crippen LogP contribution >= 0.6 is 12.4 Å². The van der Waals surface area contributed by atoms with Crippen LogP contribution in [0.3, 0.4) is 0 Å². The van der Waals surface area contributed by atoms with Gasteiger partial charge in [0.2, 0.25) is 11.7 Å². The van der Waals surface area contributed by atoms with Gasteiger partial charge in [0.05, 0.1) is 46.0 Å². The zero-order valence-corrected chi connectivity index (χ0v) is 17.5. The molecule has 9 nitrogen and oxygen atoms in total. The van der Waals surface area contributed by atoms with Crippen molar-refractivity contribution in [1.29, 1.82) is 0 Å². The third-order valence-corrected chi connectivity index (χ3v) is 4.83. The van der Waals surface area contributed by atoms with Gasteiger partial charge in [-0.25, -0.2) is 0 Å². The molecule has 2 fully saturated rings. The van der Waals surface area contributed by atoms with Gasteiger partial charge in [-0.15, -0.1) is 12.4 Å². The van der Waals surface area contributed by atoms with Gasteiger partial charge in [0, 0.05) is 18.7 Å². The predicted octanol–water partition coefficient (Wildman–Crippen LogP) is 0.440. The molecule has 0 radical (unpaired) electrons. The van der Waals surface area contributed by atoms with E-state index in [1.54, 1.807) is 17.0 Å². The maximum atomic E-state index is 13.2. The Hall–Kier alpha value is -2.23. The number of amides is 2. The number of carbonyl (C=O) groups is 2. The fraction of sp³-hybridized carbons (Fsp3) is 0.579. The second kappa shape index (κ2) is 10.5. The molecule has 2 aliphatic heterocycles. The van der Waals surface area contributed by atoms with Crippen molar-refractivity contribution in [1.82, 2.24) is 10.2 Å². The summed E-state index contributed by atoms with van der Waals surface area (Å²) in [5.74, 6) is 0.613. The molecule has 29 heavy (non-hydrogen) atoms. The Morgan fingerprint density at radius 2 is 1.93 bits per heavy atom. The van der Waals surface area contributed by atoms with E-state index < -0.39 is 0 Å². The van der Waals surface area contributed by atoms with Crippen LogP contribution in [-0.2, 0) is 9.53 Å². The van der Waals surface area contributed by atoms with Crippen LogP contribution in [0.25, 0.3) is 0 Å². The second-order valence-corrected chi connectivity index (χ2v) is 6.85. The molecule has 0 aromatic heterocycles. The quantitative estimate of drug-likeness (QED) is 0.605. The van der Waals surface area contributed by atoms with Crippen LogP contribution in [0.15, 0.2) is 12.1 Å². The molecule has 0 aliphatic carbocycles. The van der Waals surface area contributed by atoms with Gasteiger partial charge in [0.25, 0.3) is 5.91 Å². The van der Waals surface area contributed by atoms with Crippen molar-refractivity contribution >= 4 is 24.2 Å². The molecule has 2 aliphatic rings. The van der Waals surface area contributed by atoms with Crippen LogP contribution in [0.2, 0.25) is 0 Å². The van der Waals surface area contributed by atoms with Crippen molar-refractivity contribution in [2.75, 3.05) is 53.7 Å². The number of nitrogens with two attached hydrogens (primary N) is 1. The summed E-state index contributed by atoms with van der Waals surface area (Å²) in [5.41, 5.74) is 5.92. The summed E-state index contributed by atoms with van der Waals surface area (Å²) in [6, 6.07) is 3.05. The Balaban J connectivity index is 0.00000300. The number of hydrogen-bond acceptors (Lipinski definition) is 7. The van der Waals surface area contributed by atoms with Gasteiger partial charge in [-0.3, -0.25) is 9.59 Å². The molecule has 162 valence electrons. The van der Waals surface area contributed by atoms with Gasteiger partial charge < -0.3 is 34.9 Å². The number of nitrogens with zero attached hydrogens (tertiary/aromatic N) is 1. The highest BCUT2D eigenvalue weighted by molar-refractivity contribution is 5.96. The lowest BCUT2D eigenvalue weighted by Crippen LogP contribution is -2.44. The van der Waals surface area contributed by atoms with Gasteiger partial charge in [0.1, 0.15) is 0 Å². The second-order valence-electron chi connectivity index (χ2n) is 6.85. The molecule has 3 rings (SSSR count). The minimum absolute atomic E-state index is 0. The first-order valence-electron chi connectivity index (χ1n) is 9.33. The van der Waals surface area contributed by atoms with Crippen molar-refractivity contribution in [3.63, 3.8) is 0 Å².